The van der Waals surface area contributed by atoms with Crippen LogP contribution in [0, 0.1) is 13.8 Å². The molecule has 1 amide bonds. The fourth-order valence-corrected chi connectivity index (χ4v) is 2.66. The van der Waals surface area contributed by atoms with Crippen LogP contribution in [0.4, 0.5) is 5.00 Å². The number of aryl methyl sites for hydroxylation is 3. The van der Waals surface area contributed by atoms with Crippen LogP contribution >= 0.6 is 11.3 Å². The quantitative estimate of drug-likeness (QED) is 0.900. The van der Waals surface area contributed by atoms with Gasteiger partial charge in [0.15, 0.2) is 0 Å². The van der Waals surface area contributed by atoms with E-state index in [1.807, 2.05) is 0 Å². The molecule has 0 unspecified atom stereocenters. The molecule has 6 nitrogen and oxygen atoms in total. The number of hydrogen-bond donors (Lipinski definition) is 2. The number of carbonyl (C=O) groups is 2. The third kappa shape index (κ3) is 2.65. The van der Waals surface area contributed by atoms with Crippen LogP contribution in [-0.4, -0.2) is 26.8 Å². The zero-order valence-corrected chi connectivity index (χ0v) is 11.5. The van der Waals surface area contributed by atoms with Crippen LogP contribution in [0.15, 0.2) is 12.3 Å². The zero-order chi connectivity index (χ0) is 14.2. The molecule has 2 N–H and O–H groups in total. The standard InChI is InChI=1S/C12H13N3O3S/c1-6-4-8(12(17)18)11(19-6)13-10(16)9-5-15(3)14-7(9)2/h4-5H,1-3H3,(H,13,16)(H,17,18). The van der Waals surface area contributed by atoms with Crippen molar-refractivity contribution in [3.05, 3.63) is 34.0 Å². The molecule has 0 saturated heterocycles. The lowest BCUT2D eigenvalue weighted by Crippen LogP contribution is -2.13. The average molecular weight is 279 g/mol. The average Bonchev–Trinajstić information content (AvgIpc) is 2.81. The van der Waals surface area contributed by atoms with E-state index in [4.69, 9.17) is 5.11 Å². The molecule has 100 valence electrons. The normalized spacial score (nSPS) is 10.5. The first-order chi connectivity index (χ1) is 8.88. The minimum Gasteiger partial charge on any atom is -0.478 e. The molecule has 0 aromatic carbocycles. The molecule has 2 aromatic rings. The Hall–Kier alpha value is -2.15. The fraction of sp³-hybridized carbons (Fsp3) is 0.250. The van der Waals surface area contributed by atoms with Crippen LogP contribution in [0.1, 0.15) is 31.3 Å². The number of hydrogen-bond acceptors (Lipinski definition) is 4. The van der Waals surface area contributed by atoms with Crippen LogP contribution in [0.5, 0.6) is 0 Å². The first-order valence-corrected chi connectivity index (χ1v) is 6.35. The van der Waals surface area contributed by atoms with Gasteiger partial charge in [-0.2, -0.15) is 5.10 Å². The van der Waals surface area contributed by atoms with Gasteiger partial charge in [0, 0.05) is 18.1 Å². The van der Waals surface area contributed by atoms with Crippen molar-refractivity contribution in [2.24, 2.45) is 7.05 Å². The van der Waals surface area contributed by atoms with E-state index in [2.05, 4.69) is 10.4 Å². The van der Waals surface area contributed by atoms with Crippen molar-refractivity contribution in [1.29, 1.82) is 0 Å². The number of carbonyl (C=O) groups excluding carboxylic acids is 1. The highest BCUT2D eigenvalue weighted by Crippen LogP contribution is 2.28. The van der Waals surface area contributed by atoms with Gasteiger partial charge in [-0.3, -0.25) is 9.48 Å². The van der Waals surface area contributed by atoms with Crippen molar-refractivity contribution >= 4 is 28.2 Å². The van der Waals surface area contributed by atoms with Gasteiger partial charge in [-0.1, -0.05) is 0 Å². The van der Waals surface area contributed by atoms with E-state index in [0.29, 0.717) is 16.3 Å². The smallest absolute Gasteiger partial charge is 0.338 e. The molecule has 2 heterocycles. The molecular formula is C12H13N3O3S. The number of amides is 1. The zero-order valence-electron chi connectivity index (χ0n) is 10.7. The maximum atomic E-state index is 12.1. The molecule has 0 bridgehead atoms. The van der Waals surface area contributed by atoms with Crippen molar-refractivity contribution in [2.75, 3.05) is 5.32 Å². The van der Waals surface area contributed by atoms with Crippen LogP contribution in [0.3, 0.4) is 0 Å². The van der Waals surface area contributed by atoms with Gasteiger partial charge in [-0.25, -0.2) is 4.79 Å². The monoisotopic (exact) mass is 279 g/mol. The summed E-state index contributed by atoms with van der Waals surface area (Å²) in [5, 5.41) is 16.1. The van der Waals surface area contributed by atoms with E-state index < -0.39 is 5.97 Å². The lowest BCUT2D eigenvalue weighted by Gasteiger charge is -2.02. The van der Waals surface area contributed by atoms with Gasteiger partial charge in [0.2, 0.25) is 0 Å². The summed E-state index contributed by atoms with van der Waals surface area (Å²) in [7, 11) is 1.72. The molecule has 7 heteroatoms. The van der Waals surface area contributed by atoms with Crippen molar-refractivity contribution in [2.45, 2.75) is 13.8 Å². The molecule has 0 spiro atoms. The van der Waals surface area contributed by atoms with Crippen molar-refractivity contribution in [1.82, 2.24) is 9.78 Å². The Bertz CT molecular complexity index is 657. The topological polar surface area (TPSA) is 84.2 Å². The number of aromatic nitrogens is 2. The second-order valence-electron chi connectivity index (χ2n) is 4.16. The summed E-state index contributed by atoms with van der Waals surface area (Å²) in [4.78, 5) is 24.0. The van der Waals surface area contributed by atoms with Crippen molar-refractivity contribution < 1.29 is 14.7 Å². The number of thiophene rings is 1. The van der Waals surface area contributed by atoms with Gasteiger partial charge in [0.05, 0.1) is 16.8 Å². The summed E-state index contributed by atoms with van der Waals surface area (Å²) in [5.41, 5.74) is 1.15. The Balaban J connectivity index is 2.29. The largest absolute Gasteiger partial charge is 0.478 e. The first-order valence-electron chi connectivity index (χ1n) is 5.54. The lowest BCUT2D eigenvalue weighted by molar-refractivity contribution is 0.0698. The SMILES string of the molecule is Cc1cc(C(=O)O)c(NC(=O)c2cn(C)nc2C)s1. The number of nitrogens with zero attached hydrogens (tertiary/aromatic N) is 2. The van der Waals surface area contributed by atoms with Crippen LogP contribution in [-0.2, 0) is 7.05 Å². The second-order valence-corrected chi connectivity index (χ2v) is 5.42. The number of rotatable bonds is 3. The molecule has 0 fully saturated rings. The molecule has 2 aromatic heterocycles. The molecule has 2 rings (SSSR count). The van der Waals surface area contributed by atoms with Gasteiger partial charge < -0.3 is 10.4 Å². The van der Waals surface area contributed by atoms with E-state index in [0.717, 1.165) is 4.88 Å². The van der Waals surface area contributed by atoms with Crippen molar-refractivity contribution in [3.8, 4) is 0 Å². The lowest BCUT2D eigenvalue weighted by atomic mass is 10.2. The molecule has 0 aliphatic carbocycles. The highest BCUT2D eigenvalue weighted by Gasteiger charge is 2.18. The third-order valence-electron chi connectivity index (χ3n) is 2.57. The first kappa shape index (κ1) is 13.3. The molecule has 0 aliphatic rings. The molecule has 0 aliphatic heterocycles. The van der Waals surface area contributed by atoms with Crippen LogP contribution in [0.2, 0.25) is 0 Å². The maximum Gasteiger partial charge on any atom is 0.338 e. The summed E-state index contributed by atoms with van der Waals surface area (Å²) in [6.45, 7) is 3.52. The Kier molecular flexibility index (Phi) is 3.39. The summed E-state index contributed by atoms with van der Waals surface area (Å²) in [6.07, 6.45) is 1.60. The number of carboxylic acid groups (broad SMARTS) is 1. The van der Waals surface area contributed by atoms with Gasteiger partial charge in [-0.05, 0) is 19.9 Å². The Morgan fingerprint density at radius 1 is 1.37 bits per heavy atom. The number of nitrogens with one attached hydrogen (secondary N) is 1. The van der Waals surface area contributed by atoms with E-state index in [-0.39, 0.29) is 11.5 Å². The summed E-state index contributed by atoms with van der Waals surface area (Å²) >= 11 is 1.24. The van der Waals surface area contributed by atoms with E-state index >= 15 is 0 Å². The Labute approximate surface area is 113 Å². The highest BCUT2D eigenvalue weighted by atomic mass is 32.1. The minimum atomic E-state index is -1.05. The van der Waals surface area contributed by atoms with Crippen molar-refractivity contribution in [3.63, 3.8) is 0 Å². The molecule has 0 radical (unpaired) electrons. The summed E-state index contributed by atoms with van der Waals surface area (Å²) in [6, 6.07) is 1.54. The molecule has 19 heavy (non-hydrogen) atoms. The predicted molar refractivity (Wildman–Crippen MR) is 71.9 cm³/mol. The summed E-state index contributed by atoms with van der Waals surface area (Å²) < 4.78 is 1.54. The number of aromatic carboxylic acids is 1. The van der Waals surface area contributed by atoms with Crippen LogP contribution < -0.4 is 5.32 Å². The minimum absolute atomic E-state index is 0.109. The number of carboxylic acids is 1. The van der Waals surface area contributed by atoms with E-state index in [1.165, 1.54) is 11.3 Å². The molecule has 0 atom stereocenters. The second kappa shape index (κ2) is 4.85. The maximum absolute atomic E-state index is 12.1. The van der Waals surface area contributed by atoms with Gasteiger partial charge >= 0.3 is 5.97 Å². The van der Waals surface area contributed by atoms with Gasteiger partial charge in [0.25, 0.3) is 5.91 Å². The van der Waals surface area contributed by atoms with Gasteiger partial charge in [0.1, 0.15) is 5.00 Å². The Morgan fingerprint density at radius 2 is 2.05 bits per heavy atom. The molecular weight excluding hydrogens is 266 g/mol. The van der Waals surface area contributed by atoms with E-state index in [9.17, 15) is 9.59 Å². The van der Waals surface area contributed by atoms with E-state index in [1.54, 1.807) is 37.8 Å². The third-order valence-corrected chi connectivity index (χ3v) is 3.54. The highest BCUT2D eigenvalue weighted by molar-refractivity contribution is 7.16. The summed E-state index contributed by atoms with van der Waals surface area (Å²) in [5.74, 6) is -1.41. The fourth-order valence-electron chi connectivity index (χ4n) is 1.76. The predicted octanol–water partition coefficient (Wildman–Crippen LogP) is 2.05. The molecule has 0 saturated carbocycles. The van der Waals surface area contributed by atoms with Gasteiger partial charge in [-0.15, -0.1) is 11.3 Å². The number of anilines is 1. The Morgan fingerprint density at radius 3 is 2.58 bits per heavy atom. The van der Waals surface area contributed by atoms with Crippen LogP contribution in [0.25, 0.3) is 0 Å².